The number of hydrogen-bond donors (Lipinski definition) is 1. The van der Waals surface area contributed by atoms with E-state index in [0.29, 0.717) is 12.1 Å². The van der Waals surface area contributed by atoms with Crippen LogP contribution in [0.2, 0.25) is 0 Å². The van der Waals surface area contributed by atoms with Crippen LogP contribution in [0.5, 0.6) is 0 Å². The van der Waals surface area contributed by atoms with E-state index in [0.717, 1.165) is 40.3 Å². The number of H-pyrrole nitrogens is 1. The normalized spacial score (nSPS) is 14.9. The van der Waals surface area contributed by atoms with Gasteiger partial charge in [0.15, 0.2) is 0 Å². The van der Waals surface area contributed by atoms with E-state index >= 15 is 0 Å². The van der Waals surface area contributed by atoms with Crippen LogP contribution in [0, 0.1) is 5.92 Å². The SMILES string of the molecule is CCOC(=O)C(C1CC1)n1cc(-c2ccccc2)c2c([nH]c3ccccc32)c1=O. The van der Waals surface area contributed by atoms with Crippen LogP contribution in [0.4, 0.5) is 0 Å². The maximum Gasteiger partial charge on any atom is 0.329 e. The van der Waals surface area contributed by atoms with Gasteiger partial charge in [0.1, 0.15) is 11.6 Å². The van der Waals surface area contributed by atoms with Crippen molar-refractivity contribution in [2.75, 3.05) is 6.61 Å². The second-order valence-electron chi connectivity index (χ2n) is 7.58. The molecule has 5 nitrogen and oxygen atoms in total. The van der Waals surface area contributed by atoms with Crippen LogP contribution >= 0.6 is 0 Å². The van der Waals surface area contributed by atoms with Crippen molar-refractivity contribution in [2.24, 2.45) is 5.92 Å². The third-order valence-corrected chi connectivity index (χ3v) is 5.67. The summed E-state index contributed by atoms with van der Waals surface area (Å²) in [5, 5.41) is 1.90. The molecule has 0 bridgehead atoms. The number of nitrogens with zero attached hydrogens (tertiary/aromatic N) is 1. The number of aromatic nitrogens is 2. The second kappa shape index (κ2) is 6.92. The number of carbonyl (C=O) groups excluding carboxylic acids is 1. The zero-order valence-corrected chi connectivity index (χ0v) is 16.2. The first-order valence-electron chi connectivity index (χ1n) is 10.1. The van der Waals surface area contributed by atoms with Gasteiger partial charge in [-0.25, -0.2) is 4.79 Å². The van der Waals surface area contributed by atoms with Crippen LogP contribution in [0.15, 0.2) is 65.6 Å². The molecule has 5 heteroatoms. The number of esters is 1. The Balaban J connectivity index is 1.84. The number of aromatic amines is 1. The molecular formula is C24H22N2O3. The van der Waals surface area contributed by atoms with Crippen molar-refractivity contribution >= 4 is 27.8 Å². The van der Waals surface area contributed by atoms with Gasteiger partial charge in [-0.1, -0.05) is 48.5 Å². The standard InChI is InChI=1S/C24H22N2O3/c1-2-29-24(28)22(16-12-13-16)26-14-18(15-8-4-3-5-9-15)20-17-10-6-7-11-19(17)25-21(20)23(26)27/h3-11,14,16,22,25H,2,12-13H2,1H3. The van der Waals surface area contributed by atoms with E-state index in [1.165, 1.54) is 0 Å². The lowest BCUT2D eigenvalue weighted by molar-refractivity contribution is -0.147. The Labute approximate surface area is 167 Å². The summed E-state index contributed by atoms with van der Waals surface area (Å²) in [5.74, 6) is -0.177. The molecule has 1 N–H and O–H groups in total. The number of rotatable bonds is 5. The summed E-state index contributed by atoms with van der Waals surface area (Å²) >= 11 is 0. The van der Waals surface area contributed by atoms with E-state index < -0.39 is 6.04 Å². The van der Waals surface area contributed by atoms with Crippen molar-refractivity contribution in [1.29, 1.82) is 0 Å². The lowest BCUT2D eigenvalue weighted by Crippen LogP contribution is -2.32. The smallest absolute Gasteiger partial charge is 0.329 e. The first-order valence-corrected chi connectivity index (χ1v) is 10.1. The zero-order valence-electron chi connectivity index (χ0n) is 16.2. The highest BCUT2D eigenvalue weighted by Gasteiger charge is 2.39. The van der Waals surface area contributed by atoms with Gasteiger partial charge < -0.3 is 9.72 Å². The molecule has 29 heavy (non-hydrogen) atoms. The molecule has 1 unspecified atom stereocenters. The Morgan fingerprint density at radius 3 is 2.59 bits per heavy atom. The molecule has 1 aliphatic carbocycles. The van der Waals surface area contributed by atoms with Crippen molar-refractivity contribution < 1.29 is 9.53 Å². The van der Waals surface area contributed by atoms with E-state index in [2.05, 4.69) is 4.98 Å². The quantitative estimate of drug-likeness (QED) is 0.507. The third kappa shape index (κ3) is 2.94. The largest absolute Gasteiger partial charge is 0.464 e. The number of nitrogens with one attached hydrogen (secondary N) is 1. The molecule has 1 fully saturated rings. The minimum Gasteiger partial charge on any atom is -0.464 e. The molecule has 2 aromatic heterocycles. The Morgan fingerprint density at radius 2 is 1.86 bits per heavy atom. The number of ether oxygens (including phenoxy) is 1. The summed E-state index contributed by atoms with van der Waals surface area (Å²) in [6, 6.07) is 17.3. The van der Waals surface area contributed by atoms with Gasteiger partial charge in [0.05, 0.1) is 6.61 Å². The maximum absolute atomic E-state index is 13.5. The molecule has 1 aliphatic rings. The van der Waals surface area contributed by atoms with Crippen LogP contribution in [0.3, 0.4) is 0 Å². The average molecular weight is 386 g/mol. The molecule has 0 spiro atoms. The highest BCUT2D eigenvalue weighted by atomic mass is 16.5. The van der Waals surface area contributed by atoms with Gasteiger partial charge in [-0.3, -0.25) is 9.36 Å². The van der Waals surface area contributed by atoms with Gasteiger partial charge in [-0.15, -0.1) is 0 Å². The monoisotopic (exact) mass is 386 g/mol. The molecule has 1 atom stereocenters. The lowest BCUT2D eigenvalue weighted by atomic mass is 10.0. The Hall–Kier alpha value is -3.34. The van der Waals surface area contributed by atoms with Gasteiger partial charge in [0.2, 0.25) is 0 Å². The first-order chi connectivity index (χ1) is 14.2. The van der Waals surface area contributed by atoms with Crippen LogP contribution < -0.4 is 5.56 Å². The van der Waals surface area contributed by atoms with Crippen molar-refractivity contribution in [3.8, 4) is 11.1 Å². The predicted octanol–water partition coefficient (Wildman–Crippen LogP) is 4.66. The predicted molar refractivity (Wildman–Crippen MR) is 114 cm³/mol. The number of carbonyl (C=O) groups is 1. The number of para-hydroxylation sites is 1. The minimum atomic E-state index is -0.583. The Morgan fingerprint density at radius 1 is 1.14 bits per heavy atom. The molecule has 2 heterocycles. The number of benzene rings is 2. The molecule has 0 amide bonds. The van der Waals surface area contributed by atoms with Crippen LogP contribution in [0.1, 0.15) is 25.8 Å². The van der Waals surface area contributed by atoms with E-state index in [4.69, 9.17) is 4.74 Å². The van der Waals surface area contributed by atoms with E-state index in [1.807, 2.05) is 60.8 Å². The van der Waals surface area contributed by atoms with Gasteiger partial charge in [0, 0.05) is 28.0 Å². The number of pyridine rings is 1. The first kappa shape index (κ1) is 17.7. The highest BCUT2D eigenvalue weighted by Crippen LogP contribution is 2.41. The Bertz CT molecular complexity index is 1270. The average Bonchev–Trinajstić information content (AvgIpc) is 3.50. The Kier molecular flexibility index (Phi) is 4.23. The number of fused-ring (bicyclic) bond motifs is 3. The summed E-state index contributed by atoms with van der Waals surface area (Å²) in [4.78, 5) is 29.5. The van der Waals surface area contributed by atoms with Crippen LogP contribution in [-0.2, 0) is 9.53 Å². The van der Waals surface area contributed by atoms with E-state index in [-0.39, 0.29) is 17.4 Å². The van der Waals surface area contributed by atoms with Crippen LogP contribution in [0.25, 0.3) is 32.9 Å². The molecule has 146 valence electrons. The molecule has 0 aliphatic heterocycles. The summed E-state index contributed by atoms with van der Waals surface area (Å²) in [5.41, 5.74) is 3.21. The van der Waals surface area contributed by atoms with Crippen molar-refractivity contribution in [2.45, 2.75) is 25.8 Å². The lowest BCUT2D eigenvalue weighted by Gasteiger charge is -2.19. The van der Waals surface area contributed by atoms with E-state index in [1.54, 1.807) is 11.5 Å². The van der Waals surface area contributed by atoms with Gasteiger partial charge in [-0.05, 0) is 37.3 Å². The maximum atomic E-state index is 13.5. The van der Waals surface area contributed by atoms with Gasteiger partial charge in [0.25, 0.3) is 5.56 Å². The van der Waals surface area contributed by atoms with E-state index in [9.17, 15) is 9.59 Å². The molecule has 2 aromatic carbocycles. The fourth-order valence-corrected chi connectivity index (χ4v) is 4.19. The van der Waals surface area contributed by atoms with Crippen LogP contribution in [-0.4, -0.2) is 22.1 Å². The summed E-state index contributed by atoms with van der Waals surface area (Å²) < 4.78 is 6.92. The summed E-state index contributed by atoms with van der Waals surface area (Å²) in [7, 11) is 0. The van der Waals surface area contributed by atoms with Crippen molar-refractivity contribution in [1.82, 2.24) is 9.55 Å². The minimum absolute atomic E-state index is 0.150. The molecule has 0 saturated heterocycles. The molecule has 1 saturated carbocycles. The summed E-state index contributed by atoms with van der Waals surface area (Å²) in [6.07, 6.45) is 3.71. The molecule has 4 aromatic rings. The van der Waals surface area contributed by atoms with Crippen molar-refractivity contribution in [3.05, 3.63) is 71.1 Å². The third-order valence-electron chi connectivity index (χ3n) is 5.67. The number of hydrogen-bond acceptors (Lipinski definition) is 3. The van der Waals surface area contributed by atoms with Gasteiger partial charge in [-0.2, -0.15) is 0 Å². The fraction of sp³-hybridized carbons (Fsp3) is 0.250. The van der Waals surface area contributed by atoms with Crippen molar-refractivity contribution in [3.63, 3.8) is 0 Å². The second-order valence-corrected chi connectivity index (χ2v) is 7.58. The topological polar surface area (TPSA) is 64.1 Å². The summed E-state index contributed by atoms with van der Waals surface area (Å²) in [6.45, 7) is 2.10. The molecule has 5 rings (SSSR count). The van der Waals surface area contributed by atoms with Gasteiger partial charge >= 0.3 is 5.97 Å². The fourth-order valence-electron chi connectivity index (χ4n) is 4.19. The molecule has 0 radical (unpaired) electrons. The zero-order chi connectivity index (χ0) is 20.0. The highest BCUT2D eigenvalue weighted by molar-refractivity contribution is 6.13. The molecular weight excluding hydrogens is 364 g/mol.